The molecule has 0 aliphatic rings. The van der Waals surface area contributed by atoms with Crippen molar-refractivity contribution in [2.45, 2.75) is 0 Å². The van der Waals surface area contributed by atoms with Crippen molar-refractivity contribution in [1.29, 1.82) is 5.26 Å². The van der Waals surface area contributed by atoms with Crippen molar-refractivity contribution in [2.75, 3.05) is 0 Å². The Morgan fingerprint density at radius 2 is 2.12 bits per heavy atom. The maximum atomic E-state index is 10.9. The van der Waals surface area contributed by atoms with Crippen molar-refractivity contribution >= 4 is 28.3 Å². The number of halogens is 1. The summed E-state index contributed by atoms with van der Waals surface area (Å²) in [4.78, 5) is 10.9. The van der Waals surface area contributed by atoms with Crippen LogP contribution in [0.5, 0.6) is 0 Å². The number of hydrogen-bond donors (Lipinski definition) is 1. The van der Waals surface area contributed by atoms with E-state index in [4.69, 9.17) is 22.0 Å². The quantitative estimate of drug-likeness (QED) is 0.821. The second-order valence-corrected chi connectivity index (χ2v) is 3.68. The van der Waals surface area contributed by atoms with Gasteiger partial charge in [0.15, 0.2) is 0 Å². The lowest BCUT2D eigenvalue weighted by Gasteiger charge is -2.04. The van der Waals surface area contributed by atoms with E-state index in [0.29, 0.717) is 10.9 Å². The summed E-state index contributed by atoms with van der Waals surface area (Å²) in [6.45, 7) is 0. The minimum absolute atomic E-state index is 0.0110. The molecule has 78 valence electrons. The Balaban J connectivity index is 2.87. The number of benzene rings is 2. The van der Waals surface area contributed by atoms with E-state index >= 15 is 0 Å². The Morgan fingerprint density at radius 3 is 2.75 bits per heavy atom. The van der Waals surface area contributed by atoms with E-state index in [1.165, 1.54) is 6.07 Å². The van der Waals surface area contributed by atoms with Crippen LogP contribution < -0.4 is 0 Å². The van der Waals surface area contributed by atoms with E-state index in [-0.39, 0.29) is 10.6 Å². The van der Waals surface area contributed by atoms with Gasteiger partial charge in [0, 0.05) is 5.39 Å². The molecule has 0 amide bonds. The second-order valence-electron chi connectivity index (χ2n) is 3.28. The maximum absolute atomic E-state index is 10.9. The largest absolute Gasteiger partial charge is 0.478 e. The van der Waals surface area contributed by atoms with Gasteiger partial charge < -0.3 is 5.11 Å². The zero-order valence-corrected chi connectivity index (χ0v) is 8.82. The first-order valence-corrected chi connectivity index (χ1v) is 4.87. The highest BCUT2D eigenvalue weighted by Crippen LogP contribution is 2.26. The maximum Gasteiger partial charge on any atom is 0.337 e. The number of carboxylic acids is 1. The number of fused-ring (bicyclic) bond motifs is 1. The summed E-state index contributed by atoms with van der Waals surface area (Å²) in [5.74, 6) is -1.10. The monoisotopic (exact) mass is 231 g/mol. The van der Waals surface area contributed by atoms with Gasteiger partial charge in [0.25, 0.3) is 0 Å². The molecule has 0 unspecified atom stereocenters. The zero-order valence-electron chi connectivity index (χ0n) is 8.07. The molecule has 0 fully saturated rings. The molecular weight excluding hydrogens is 226 g/mol. The van der Waals surface area contributed by atoms with Crippen molar-refractivity contribution in [3.8, 4) is 6.07 Å². The first-order chi connectivity index (χ1) is 7.63. The summed E-state index contributed by atoms with van der Waals surface area (Å²) in [5.41, 5.74) is 0.452. The van der Waals surface area contributed by atoms with Gasteiger partial charge in [-0.15, -0.1) is 0 Å². The molecule has 2 aromatic carbocycles. The molecule has 3 nitrogen and oxygen atoms in total. The second kappa shape index (κ2) is 3.84. The van der Waals surface area contributed by atoms with Crippen molar-refractivity contribution in [2.24, 2.45) is 0 Å². The normalized spacial score (nSPS) is 10.0. The van der Waals surface area contributed by atoms with Gasteiger partial charge in [-0.1, -0.05) is 23.7 Å². The lowest BCUT2D eigenvalue weighted by molar-refractivity contribution is 0.0697. The van der Waals surface area contributed by atoms with E-state index in [1.807, 2.05) is 6.07 Å². The van der Waals surface area contributed by atoms with Gasteiger partial charge in [-0.2, -0.15) is 5.26 Å². The van der Waals surface area contributed by atoms with Crippen LogP contribution >= 0.6 is 11.6 Å². The highest BCUT2D eigenvalue weighted by atomic mass is 35.5. The molecule has 4 heteroatoms. The number of aromatic carboxylic acids is 1. The van der Waals surface area contributed by atoms with Gasteiger partial charge >= 0.3 is 5.97 Å². The smallest absolute Gasteiger partial charge is 0.337 e. The summed E-state index contributed by atoms with van der Waals surface area (Å²) in [7, 11) is 0. The summed E-state index contributed by atoms with van der Waals surface area (Å²) >= 11 is 5.83. The summed E-state index contributed by atoms with van der Waals surface area (Å²) < 4.78 is 0. The topological polar surface area (TPSA) is 61.1 Å². The first kappa shape index (κ1) is 10.5. The van der Waals surface area contributed by atoms with Crippen molar-refractivity contribution in [3.63, 3.8) is 0 Å². The molecule has 0 bridgehead atoms. The predicted molar refractivity (Wildman–Crippen MR) is 60.6 cm³/mol. The molecule has 16 heavy (non-hydrogen) atoms. The van der Waals surface area contributed by atoms with Gasteiger partial charge in [0.05, 0.1) is 22.2 Å². The minimum atomic E-state index is -1.10. The van der Waals surface area contributed by atoms with E-state index in [1.54, 1.807) is 24.3 Å². The van der Waals surface area contributed by atoms with Crippen molar-refractivity contribution < 1.29 is 9.90 Å². The highest BCUT2D eigenvalue weighted by molar-refractivity contribution is 6.34. The van der Waals surface area contributed by atoms with Crippen molar-refractivity contribution in [1.82, 2.24) is 0 Å². The number of carbonyl (C=O) groups is 1. The molecule has 0 spiro atoms. The SMILES string of the molecule is N#Cc1cccc2cc(Cl)c(C(=O)O)cc12. The van der Waals surface area contributed by atoms with E-state index in [0.717, 1.165) is 5.39 Å². The van der Waals surface area contributed by atoms with Crippen LogP contribution in [0.2, 0.25) is 5.02 Å². The van der Waals surface area contributed by atoms with E-state index in [9.17, 15) is 4.79 Å². The Kier molecular flexibility index (Phi) is 2.51. The number of nitrogens with zero attached hydrogens (tertiary/aromatic N) is 1. The lowest BCUT2D eigenvalue weighted by Crippen LogP contribution is -1.97. The molecule has 0 atom stereocenters. The Labute approximate surface area is 96.5 Å². The number of carboxylic acid groups (broad SMARTS) is 1. The molecule has 0 aliphatic heterocycles. The third kappa shape index (κ3) is 1.60. The average molecular weight is 232 g/mol. The van der Waals surface area contributed by atoms with Gasteiger partial charge in [-0.25, -0.2) is 4.79 Å². The van der Waals surface area contributed by atoms with Gasteiger partial charge in [-0.3, -0.25) is 0 Å². The van der Waals surface area contributed by atoms with Crippen LogP contribution in [0, 0.1) is 11.3 Å². The van der Waals surface area contributed by atoms with Gasteiger partial charge in [0.2, 0.25) is 0 Å². The van der Waals surface area contributed by atoms with Crippen LogP contribution in [-0.4, -0.2) is 11.1 Å². The third-order valence-corrected chi connectivity index (χ3v) is 2.63. The van der Waals surface area contributed by atoms with Crippen LogP contribution in [0.4, 0.5) is 0 Å². The third-order valence-electron chi connectivity index (χ3n) is 2.32. The molecule has 0 saturated heterocycles. The molecule has 0 aliphatic carbocycles. The fourth-order valence-electron chi connectivity index (χ4n) is 1.56. The molecular formula is C12H6ClNO2. The zero-order chi connectivity index (χ0) is 11.7. The Morgan fingerprint density at radius 1 is 1.38 bits per heavy atom. The standard InChI is InChI=1S/C12H6ClNO2/c13-11-4-7-2-1-3-8(6-14)9(7)5-10(11)12(15)16/h1-5H,(H,15,16). The molecule has 2 aromatic rings. The van der Waals surface area contributed by atoms with Crippen LogP contribution in [0.15, 0.2) is 30.3 Å². The number of hydrogen-bond acceptors (Lipinski definition) is 2. The van der Waals surface area contributed by atoms with E-state index in [2.05, 4.69) is 0 Å². The van der Waals surface area contributed by atoms with Crippen LogP contribution in [0.1, 0.15) is 15.9 Å². The molecule has 0 saturated carbocycles. The fraction of sp³-hybridized carbons (Fsp3) is 0. The number of rotatable bonds is 1. The molecule has 0 heterocycles. The van der Waals surface area contributed by atoms with Crippen LogP contribution in [0.3, 0.4) is 0 Å². The predicted octanol–water partition coefficient (Wildman–Crippen LogP) is 3.06. The Bertz CT molecular complexity index is 629. The average Bonchev–Trinajstić information content (AvgIpc) is 2.26. The Hall–Kier alpha value is -2.05. The van der Waals surface area contributed by atoms with Gasteiger partial charge in [-0.05, 0) is 23.6 Å². The fourth-order valence-corrected chi connectivity index (χ4v) is 1.81. The van der Waals surface area contributed by atoms with Crippen LogP contribution in [0.25, 0.3) is 10.8 Å². The number of nitriles is 1. The van der Waals surface area contributed by atoms with Gasteiger partial charge in [0.1, 0.15) is 0 Å². The van der Waals surface area contributed by atoms with Crippen molar-refractivity contribution in [3.05, 3.63) is 46.5 Å². The molecule has 0 aromatic heterocycles. The summed E-state index contributed by atoms with van der Waals surface area (Å²) in [5, 5.41) is 19.4. The van der Waals surface area contributed by atoms with Crippen LogP contribution in [-0.2, 0) is 0 Å². The van der Waals surface area contributed by atoms with E-state index < -0.39 is 5.97 Å². The minimum Gasteiger partial charge on any atom is -0.478 e. The molecule has 1 N–H and O–H groups in total. The molecule has 0 radical (unpaired) electrons. The first-order valence-electron chi connectivity index (χ1n) is 4.49. The highest BCUT2D eigenvalue weighted by Gasteiger charge is 2.11. The summed E-state index contributed by atoms with van der Waals surface area (Å²) in [6, 6.07) is 10.2. The summed E-state index contributed by atoms with van der Waals surface area (Å²) in [6.07, 6.45) is 0. The lowest BCUT2D eigenvalue weighted by atomic mass is 10.0. The molecule has 2 rings (SSSR count).